The molecule has 1 rings (SSSR count). The highest BCUT2D eigenvalue weighted by molar-refractivity contribution is 5.47. The number of aromatic nitrogens is 1. The van der Waals surface area contributed by atoms with E-state index in [0.29, 0.717) is 5.56 Å². The lowest BCUT2D eigenvalue weighted by atomic mass is 9.96. The van der Waals surface area contributed by atoms with Crippen molar-refractivity contribution >= 4 is 0 Å². The van der Waals surface area contributed by atoms with Crippen LogP contribution in [0.25, 0.3) is 0 Å². The molecule has 0 spiro atoms. The highest BCUT2D eigenvalue weighted by Gasteiger charge is 2.16. The van der Waals surface area contributed by atoms with Crippen LogP contribution in [0.1, 0.15) is 48.0 Å². The second-order valence-corrected chi connectivity index (χ2v) is 3.70. The van der Waals surface area contributed by atoms with Crippen molar-refractivity contribution in [1.82, 2.24) is 4.98 Å². The topological polar surface area (TPSA) is 56.9 Å². The molecular formula is C12H16N2O. The molecule has 0 bridgehead atoms. The van der Waals surface area contributed by atoms with Crippen LogP contribution in [-0.2, 0) is 6.42 Å². The van der Waals surface area contributed by atoms with Gasteiger partial charge in [-0.25, -0.2) is 0 Å². The zero-order valence-electron chi connectivity index (χ0n) is 9.63. The molecule has 1 atom stereocenters. The van der Waals surface area contributed by atoms with Gasteiger partial charge >= 0.3 is 0 Å². The predicted molar refractivity (Wildman–Crippen MR) is 58.4 cm³/mol. The summed E-state index contributed by atoms with van der Waals surface area (Å²) in [7, 11) is 0. The first-order chi connectivity index (χ1) is 7.02. The van der Waals surface area contributed by atoms with Gasteiger partial charge < -0.3 is 5.11 Å². The Morgan fingerprint density at radius 1 is 1.47 bits per heavy atom. The number of rotatable bonds is 2. The molecule has 0 aliphatic rings. The van der Waals surface area contributed by atoms with Crippen LogP contribution in [0, 0.1) is 25.2 Å². The summed E-state index contributed by atoms with van der Waals surface area (Å²) in [4.78, 5) is 4.36. The highest BCUT2D eigenvalue weighted by Crippen LogP contribution is 2.25. The molecule has 0 radical (unpaired) electrons. The van der Waals surface area contributed by atoms with Gasteiger partial charge in [0.05, 0.1) is 17.4 Å². The van der Waals surface area contributed by atoms with Crippen molar-refractivity contribution in [2.75, 3.05) is 0 Å². The van der Waals surface area contributed by atoms with Gasteiger partial charge in [-0.2, -0.15) is 5.26 Å². The van der Waals surface area contributed by atoms with Gasteiger partial charge in [-0.05, 0) is 32.8 Å². The molecular weight excluding hydrogens is 188 g/mol. The molecule has 0 fully saturated rings. The first-order valence-corrected chi connectivity index (χ1v) is 5.11. The van der Waals surface area contributed by atoms with Crippen molar-refractivity contribution in [3.63, 3.8) is 0 Å². The van der Waals surface area contributed by atoms with Crippen molar-refractivity contribution in [1.29, 1.82) is 5.26 Å². The largest absolute Gasteiger partial charge is 0.389 e. The lowest BCUT2D eigenvalue weighted by Crippen LogP contribution is -2.08. The van der Waals surface area contributed by atoms with E-state index >= 15 is 0 Å². The summed E-state index contributed by atoms with van der Waals surface area (Å²) in [6, 6.07) is 2.14. The smallest absolute Gasteiger partial charge is 0.101 e. The summed E-state index contributed by atoms with van der Waals surface area (Å²) in [6.07, 6.45) is 0.202. The minimum atomic E-state index is -0.569. The van der Waals surface area contributed by atoms with Crippen LogP contribution in [0.3, 0.4) is 0 Å². The van der Waals surface area contributed by atoms with E-state index in [2.05, 4.69) is 11.1 Å². The Hall–Kier alpha value is -1.40. The summed E-state index contributed by atoms with van der Waals surface area (Å²) in [6.45, 7) is 7.41. The van der Waals surface area contributed by atoms with Gasteiger partial charge in [0.2, 0.25) is 0 Å². The zero-order chi connectivity index (χ0) is 11.6. The van der Waals surface area contributed by atoms with Crippen molar-refractivity contribution in [3.05, 3.63) is 28.1 Å². The average Bonchev–Trinajstić information content (AvgIpc) is 2.16. The van der Waals surface area contributed by atoms with Crippen LogP contribution in [0.2, 0.25) is 0 Å². The van der Waals surface area contributed by atoms with E-state index in [-0.39, 0.29) is 0 Å². The van der Waals surface area contributed by atoms with Crippen molar-refractivity contribution in [2.24, 2.45) is 0 Å². The van der Waals surface area contributed by atoms with Crippen LogP contribution < -0.4 is 0 Å². The predicted octanol–water partition coefficient (Wildman–Crippen LogP) is 2.19. The lowest BCUT2D eigenvalue weighted by Gasteiger charge is -2.16. The first-order valence-electron chi connectivity index (χ1n) is 5.11. The second kappa shape index (κ2) is 4.41. The number of hydrogen-bond acceptors (Lipinski definition) is 3. The molecule has 1 heterocycles. The Bertz CT molecular complexity index is 417. The van der Waals surface area contributed by atoms with E-state index in [9.17, 15) is 5.11 Å². The fourth-order valence-electron chi connectivity index (χ4n) is 1.93. The van der Waals surface area contributed by atoms with Gasteiger partial charge in [-0.1, -0.05) is 6.92 Å². The van der Waals surface area contributed by atoms with Crippen molar-refractivity contribution in [3.8, 4) is 6.07 Å². The molecule has 80 valence electrons. The molecule has 1 aromatic rings. The van der Waals surface area contributed by atoms with Gasteiger partial charge in [0.15, 0.2) is 0 Å². The molecule has 15 heavy (non-hydrogen) atoms. The summed E-state index contributed by atoms with van der Waals surface area (Å²) < 4.78 is 0. The maximum atomic E-state index is 9.68. The molecule has 0 amide bonds. The Labute approximate surface area is 90.4 Å². The number of pyridine rings is 1. The van der Waals surface area contributed by atoms with Gasteiger partial charge in [-0.15, -0.1) is 0 Å². The maximum Gasteiger partial charge on any atom is 0.101 e. The number of aliphatic hydroxyl groups excluding tert-OH is 1. The number of nitriles is 1. The van der Waals surface area contributed by atoms with E-state index < -0.39 is 6.10 Å². The third-order valence-corrected chi connectivity index (χ3v) is 2.62. The number of aryl methyl sites for hydroxylation is 2. The Balaban J connectivity index is 3.55. The first kappa shape index (κ1) is 11.7. The van der Waals surface area contributed by atoms with Crippen LogP contribution in [0.5, 0.6) is 0 Å². The van der Waals surface area contributed by atoms with Crippen LogP contribution in [0.15, 0.2) is 0 Å². The third kappa shape index (κ3) is 2.00. The Morgan fingerprint density at radius 2 is 2.07 bits per heavy atom. The molecule has 1 unspecified atom stereocenters. The summed E-state index contributed by atoms with van der Waals surface area (Å²) in [5.41, 5.74) is 3.88. The van der Waals surface area contributed by atoms with E-state index in [1.165, 1.54) is 0 Å². The van der Waals surface area contributed by atoms with Crippen LogP contribution >= 0.6 is 0 Å². The molecule has 0 saturated carbocycles. The Morgan fingerprint density at radius 3 is 2.47 bits per heavy atom. The van der Waals surface area contributed by atoms with Gasteiger partial charge in [-0.3, -0.25) is 4.98 Å². The fourth-order valence-corrected chi connectivity index (χ4v) is 1.93. The van der Waals surface area contributed by atoms with E-state index in [1.807, 2.05) is 20.8 Å². The van der Waals surface area contributed by atoms with E-state index in [0.717, 1.165) is 28.9 Å². The quantitative estimate of drug-likeness (QED) is 0.803. The zero-order valence-corrected chi connectivity index (χ0v) is 9.63. The molecule has 0 aromatic carbocycles. The number of aliphatic hydroxyl groups is 1. The fraction of sp³-hybridized carbons (Fsp3) is 0.500. The van der Waals surface area contributed by atoms with Crippen LogP contribution in [0.4, 0.5) is 0 Å². The molecule has 0 aliphatic carbocycles. The summed E-state index contributed by atoms with van der Waals surface area (Å²) in [5, 5.41) is 18.7. The molecule has 1 aromatic heterocycles. The monoisotopic (exact) mass is 204 g/mol. The molecule has 0 saturated heterocycles. The Kier molecular flexibility index (Phi) is 3.43. The van der Waals surface area contributed by atoms with E-state index in [1.54, 1.807) is 6.92 Å². The van der Waals surface area contributed by atoms with Gasteiger partial charge in [0.1, 0.15) is 6.07 Å². The number of nitrogens with zero attached hydrogens (tertiary/aromatic N) is 2. The molecule has 3 nitrogen and oxygen atoms in total. The molecule has 3 heteroatoms. The highest BCUT2D eigenvalue weighted by atomic mass is 16.3. The lowest BCUT2D eigenvalue weighted by molar-refractivity contribution is 0.197. The van der Waals surface area contributed by atoms with Crippen LogP contribution in [-0.4, -0.2) is 10.1 Å². The normalized spacial score (nSPS) is 12.3. The summed E-state index contributed by atoms with van der Waals surface area (Å²) in [5.74, 6) is 0. The maximum absolute atomic E-state index is 9.68. The molecule has 1 N–H and O–H groups in total. The van der Waals surface area contributed by atoms with Gasteiger partial charge in [0.25, 0.3) is 0 Å². The van der Waals surface area contributed by atoms with Crippen molar-refractivity contribution in [2.45, 2.75) is 40.2 Å². The second-order valence-electron chi connectivity index (χ2n) is 3.70. The molecule has 0 aliphatic heterocycles. The average molecular weight is 204 g/mol. The SMILES string of the molecule is CCc1nc(C)c(C#N)c(C)c1C(C)O. The number of hydrogen-bond donors (Lipinski definition) is 1. The van der Waals surface area contributed by atoms with Crippen molar-refractivity contribution < 1.29 is 5.11 Å². The minimum absolute atomic E-state index is 0.569. The summed E-state index contributed by atoms with van der Waals surface area (Å²) >= 11 is 0. The van der Waals surface area contributed by atoms with Gasteiger partial charge in [0, 0.05) is 11.3 Å². The minimum Gasteiger partial charge on any atom is -0.389 e. The van der Waals surface area contributed by atoms with E-state index in [4.69, 9.17) is 5.26 Å². The third-order valence-electron chi connectivity index (χ3n) is 2.62. The standard InChI is InChI=1S/C12H16N2O/c1-5-11-12(9(4)15)7(2)10(6-13)8(3)14-11/h9,15H,5H2,1-4H3.